The topological polar surface area (TPSA) is 38.0 Å². The predicted molar refractivity (Wildman–Crippen MR) is 57.7 cm³/mol. The standard InChI is InChI=1S/C11H24N2/c1-4-10(2,7-12)8-13-9-11(3)5-6-11/h13H,4-9,12H2,1-3H3. The summed E-state index contributed by atoms with van der Waals surface area (Å²) in [5, 5.41) is 3.55. The fourth-order valence-electron chi connectivity index (χ4n) is 1.40. The highest BCUT2D eigenvalue weighted by Crippen LogP contribution is 2.44. The highest BCUT2D eigenvalue weighted by Gasteiger charge is 2.36. The van der Waals surface area contributed by atoms with Crippen LogP contribution in [0.4, 0.5) is 0 Å². The zero-order valence-corrected chi connectivity index (χ0v) is 9.32. The van der Waals surface area contributed by atoms with E-state index < -0.39 is 0 Å². The van der Waals surface area contributed by atoms with Gasteiger partial charge in [-0.1, -0.05) is 20.8 Å². The maximum Gasteiger partial charge on any atom is 0.00174 e. The average molecular weight is 184 g/mol. The lowest BCUT2D eigenvalue weighted by atomic mass is 9.87. The van der Waals surface area contributed by atoms with Crippen molar-refractivity contribution in [2.24, 2.45) is 16.6 Å². The van der Waals surface area contributed by atoms with E-state index in [9.17, 15) is 0 Å². The minimum atomic E-state index is 0.297. The van der Waals surface area contributed by atoms with E-state index in [-0.39, 0.29) is 0 Å². The smallest absolute Gasteiger partial charge is 0.00174 e. The zero-order valence-electron chi connectivity index (χ0n) is 9.32. The summed E-state index contributed by atoms with van der Waals surface area (Å²) < 4.78 is 0. The molecule has 0 spiro atoms. The van der Waals surface area contributed by atoms with Crippen LogP contribution in [0.15, 0.2) is 0 Å². The Morgan fingerprint density at radius 1 is 1.46 bits per heavy atom. The van der Waals surface area contributed by atoms with Gasteiger partial charge in [-0.25, -0.2) is 0 Å². The Bertz CT molecular complexity index is 157. The maximum absolute atomic E-state index is 5.74. The van der Waals surface area contributed by atoms with Crippen LogP contribution < -0.4 is 11.1 Å². The van der Waals surface area contributed by atoms with Crippen LogP contribution in [0.2, 0.25) is 0 Å². The molecule has 0 aromatic carbocycles. The van der Waals surface area contributed by atoms with E-state index in [0.717, 1.165) is 19.5 Å². The third-order valence-electron chi connectivity index (χ3n) is 3.55. The minimum Gasteiger partial charge on any atom is -0.330 e. The number of hydrogen-bond donors (Lipinski definition) is 2. The molecule has 1 fully saturated rings. The molecule has 0 saturated heterocycles. The Kier molecular flexibility index (Phi) is 3.36. The van der Waals surface area contributed by atoms with Crippen LogP contribution in [0.25, 0.3) is 0 Å². The van der Waals surface area contributed by atoms with Gasteiger partial charge in [-0.3, -0.25) is 0 Å². The monoisotopic (exact) mass is 184 g/mol. The summed E-state index contributed by atoms with van der Waals surface area (Å²) in [7, 11) is 0. The first-order valence-electron chi connectivity index (χ1n) is 5.44. The van der Waals surface area contributed by atoms with Gasteiger partial charge in [-0.2, -0.15) is 0 Å². The van der Waals surface area contributed by atoms with Gasteiger partial charge in [0.15, 0.2) is 0 Å². The summed E-state index contributed by atoms with van der Waals surface area (Å²) in [5.74, 6) is 0. The molecular formula is C11H24N2. The number of nitrogens with two attached hydrogens (primary N) is 1. The number of hydrogen-bond acceptors (Lipinski definition) is 2. The van der Waals surface area contributed by atoms with Gasteiger partial charge < -0.3 is 11.1 Å². The first kappa shape index (κ1) is 11.0. The van der Waals surface area contributed by atoms with Gasteiger partial charge in [-0.05, 0) is 36.6 Å². The SMILES string of the molecule is CCC(C)(CN)CNCC1(C)CC1. The Balaban J connectivity index is 2.16. The maximum atomic E-state index is 5.74. The molecule has 3 N–H and O–H groups in total. The van der Waals surface area contributed by atoms with Gasteiger partial charge in [0.25, 0.3) is 0 Å². The molecule has 0 aromatic rings. The van der Waals surface area contributed by atoms with Crippen LogP contribution in [-0.2, 0) is 0 Å². The van der Waals surface area contributed by atoms with Crippen LogP contribution in [0.5, 0.6) is 0 Å². The van der Waals surface area contributed by atoms with Gasteiger partial charge in [0.05, 0.1) is 0 Å². The third kappa shape index (κ3) is 3.28. The van der Waals surface area contributed by atoms with E-state index in [1.165, 1.54) is 19.4 Å². The van der Waals surface area contributed by atoms with E-state index in [2.05, 4.69) is 26.1 Å². The van der Waals surface area contributed by atoms with Crippen molar-refractivity contribution in [1.29, 1.82) is 0 Å². The van der Waals surface area contributed by atoms with Crippen molar-refractivity contribution in [3.05, 3.63) is 0 Å². The van der Waals surface area contributed by atoms with Crippen molar-refractivity contribution in [1.82, 2.24) is 5.32 Å². The second kappa shape index (κ2) is 3.97. The van der Waals surface area contributed by atoms with Crippen LogP contribution in [0.1, 0.15) is 40.0 Å². The molecule has 1 unspecified atom stereocenters. The normalized spacial score (nSPS) is 24.0. The van der Waals surface area contributed by atoms with Gasteiger partial charge >= 0.3 is 0 Å². The Morgan fingerprint density at radius 3 is 2.46 bits per heavy atom. The van der Waals surface area contributed by atoms with Crippen molar-refractivity contribution in [3.63, 3.8) is 0 Å². The van der Waals surface area contributed by atoms with E-state index in [0.29, 0.717) is 10.8 Å². The first-order chi connectivity index (χ1) is 6.04. The minimum absolute atomic E-state index is 0.297. The molecule has 0 radical (unpaired) electrons. The van der Waals surface area contributed by atoms with Crippen LogP contribution in [-0.4, -0.2) is 19.6 Å². The lowest BCUT2D eigenvalue weighted by molar-refractivity contribution is 0.293. The molecule has 0 aliphatic heterocycles. The van der Waals surface area contributed by atoms with Crippen molar-refractivity contribution >= 4 is 0 Å². The Labute approximate surface area is 82.3 Å². The van der Waals surface area contributed by atoms with E-state index in [1.807, 2.05) is 0 Å². The molecule has 78 valence electrons. The Morgan fingerprint density at radius 2 is 2.08 bits per heavy atom. The van der Waals surface area contributed by atoms with Crippen LogP contribution >= 0.6 is 0 Å². The molecule has 0 aromatic heterocycles. The van der Waals surface area contributed by atoms with E-state index in [4.69, 9.17) is 5.73 Å². The van der Waals surface area contributed by atoms with Crippen molar-refractivity contribution in [3.8, 4) is 0 Å². The molecule has 1 saturated carbocycles. The molecule has 1 atom stereocenters. The second-order valence-electron chi connectivity index (χ2n) is 5.28. The van der Waals surface area contributed by atoms with Gasteiger partial charge in [0.1, 0.15) is 0 Å². The lowest BCUT2D eigenvalue weighted by Gasteiger charge is -2.27. The predicted octanol–water partition coefficient (Wildman–Crippen LogP) is 1.75. The molecule has 13 heavy (non-hydrogen) atoms. The summed E-state index contributed by atoms with van der Waals surface area (Å²) >= 11 is 0. The quantitative estimate of drug-likeness (QED) is 0.660. The van der Waals surface area contributed by atoms with Crippen molar-refractivity contribution < 1.29 is 0 Å². The summed E-state index contributed by atoms with van der Waals surface area (Å²) in [6, 6.07) is 0. The summed E-state index contributed by atoms with van der Waals surface area (Å²) in [4.78, 5) is 0. The van der Waals surface area contributed by atoms with Crippen LogP contribution in [0.3, 0.4) is 0 Å². The van der Waals surface area contributed by atoms with Gasteiger partial charge in [0, 0.05) is 13.1 Å². The molecular weight excluding hydrogens is 160 g/mol. The summed E-state index contributed by atoms with van der Waals surface area (Å²) in [6.07, 6.45) is 3.95. The van der Waals surface area contributed by atoms with E-state index >= 15 is 0 Å². The third-order valence-corrected chi connectivity index (χ3v) is 3.55. The Hall–Kier alpha value is -0.0800. The van der Waals surface area contributed by atoms with E-state index in [1.54, 1.807) is 0 Å². The van der Waals surface area contributed by atoms with Crippen molar-refractivity contribution in [2.45, 2.75) is 40.0 Å². The van der Waals surface area contributed by atoms with Crippen LogP contribution in [0, 0.1) is 10.8 Å². The van der Waals surface area contributed by atoms with Gasteiger partial charge in [0.2, 0.25) is 0 Å². The fourth-order valence-corrected chi connectivity index (χ4v) is 1.40. The first-order valence-corrected chi connectivity index (χ1v) is 5.44. The second-order valence-corrected chi connectivity index (χ2v) is 5.28. The molecule has 2 heteroatoms. The molecule has 1 aliphatic carbocycles. The zero-order chi connectivity index (χ0) is 9.95. The summed E-state index contributed by atoms with van der Waals surface area (Å²) in [5.41, 5.74) is 6.65. The molecule has 1 rings (SSSR count). The highest BCUT2D eigenvalue weighted by molar-refractivity contribution is 4.91. The summed E-state index contributed by atoms with van der Waals surface area (Å²) in [6.45, 7) is 9.85. The number of rotatable bonds is 6. The molecule has 2 nitrogen and oxygen atoms in total. The molecule has 0 heterocycles. The average Bonchev–Trinajstić information content (AvgIpc) is 2.84. The van der Waals surface area contributed by atoms with Crippen molar-refractivity contribution in [2.75, 3.05) is 19.6 Å². The lowest BCUT2D eigenvalue weighted by Crippen LogP contribution is -2.39. The largest absolute Gasteiger partial charge is 0.330 e. The highest BCUT2D eigenvalue weighted by atomic mass is 14.9. The van der Waals surface area contributed by atoms with Gasteiger partial charge in [-0.15, -0.1) is 0 Å². The molecule has 0 amide bonds. The molecule has 0 bridgehead atoms. The number of nitrogens with one attached hydrogen (secondary N) is 1. The molecule has 1 aliphatic rings. The fraction of sp³-hybridized carbons (Fsp3) is 1.00.